The Hall–Kier alpha value is -1.91. The van der Waals surface area contributed by atoms with Crippen LogP contribution in [-0.2, 0) is 6.18 Å². The predicted molar refractivity (Wildman–Crippen MR) is 52.5 cm³/mol. The normalized spacial score (nSPS) is 11.4. The molecule has 2 heterocycles. The number of pyridine rings is 2. The summed E-state index contributed by atoms with van der Waals surface area (Å²) in [4.78, 5) is 7.21. The van der Waals surface area contributed by atoms with Gasteiger partial charge in [-0.1, -0.05) is 6.07 Å². The van der Waals surface area contributed by atoms with Gasteiger partial charge in [0.25, 0.3) is 0 Å². The average Bonchev–Trinajstić information content (AvgIpc) is 2.29. The van der Waals surface area contributed by atoms with Crippen LogP contribution < -0.4 is 0 Å². The molecule has 2 aromatic rings. The quantitative estimate of drug-likeness (QED) is 0.743. The van der Waals surface area contributed by atoms with Crippen molar-refractivity contribution in [1.29, 1.82) is 0 Å². The molecule has 0 radical (unpaired) electrons. The molecule has 0 saturated carbocycles. The first kappa shape index (κ1) is 10.6. The minimum absolute atomic E-state index is 0.635. The molecule has 0 aliphatic rings. The zero-order valence-electron chi connectivity index (χ0n) is 8.07. The van der Waals surface area contributed by atoms with Crippen LogP contribution >= 0.6 is 0 Å². The summed E-state index contributed by atoms with van der Waals surface area (Å²) in [6.45, 7) is 0. The van der Waals surface area contributed by atoms with Crippen molar-refractivity contribution in [2.24, 2.45) is 0 Å². The molecule has 0 fully saturated rings. The topological polar surface area (TPSA) is 25.8 Å². The molecule has 2 aromatic heterocycles. The summed E-state index contributed by atoms with van der Waals surface area (Å²) in [7, 11) is 0. The van der Waals surface area contributed by atoms with Crippen LogP contribution in [0.3, 0.4) is 0 Å². The van der Waals surface area contributed by atoms with E-state index < -0.39 is 11.9 Å². The van der Waals surface area contributed by atoms with Gasteiger partial charge in [0.05, 0.1) is 0 Å². The van der Waals surface area contributed by atoms with E-state index in [1.54, 1.807) is 24.5 Å². The zero-order chi connectivity index (χ0) is 11.6. The summed E-state index contributed by atoms with van der Waals surface area (Å²) in [5, 5.41) is 0. The van der Waals surface area contributed by atoms with Gasteiger partial charge in [-0.2, -0.15) is 13.2 Å². The Morgan fingerprint density at radius 2 is 1.56 bits per heavy atom. The number of nitrogens with zero attached hydrogens (tertiary/aromatic N) is 2. The lowest BCUT2D eigenvalue weighted by Crippen LogP contribution is -2.07. The Balaban J connectivity index is 2.34. The van der Waals surface area contributed by atoms with Gasteiger partial charge >= 0.3 is 6.18 Å². The van der Waals surface area contributed by atoms with E-state index in [0.717, 1.165) is 11.6 Å². The second-order valence-electron chi connectivity index (χ2n) is 3.17. The van der Waals surface area contributed by atoms with Crippen LogP contribution in [0.15, 0.2) is 42.9 Å². The largest absolute Gasteiger partial charge is 0.433 e. The lowest BCUT2D eigenvalue weighted by atomic mass is 10.1. The second kappa shape index (κ2) is 3.92. The Morgan fingerprint density at radius 1 is 0.875 bits per heavy atom. The minimum atomic E-state index is -4.39. The maximum atomic E-state index is 12.2. The fourth-order valence-corrected chi connectivity index (χ4v) is 1.28. The summed E-state index contributed by atoms with van der Waals surface area (Å²) < 4.78 is 36.7. The molecule has 0 N–H and O–H groups in total. The molecule has 0 aromatic carbocycles. The summed E-state index contributed by atoms with van der Waals surface area (Å²) in [5.41, 5.74) is 0.539. The van der Waals surface area contributed by atoms with E-state index in [4.69, 9.17) is 0 Å². The van der Waals surface area contributed by atoms with E-state index in [9.17, 15) is 13.2 Å². The van der Waals surface area contributed by atoms with Crippen LogP contribution in [0.5, 0.6) is 0 Å². The van der Waals surface area contributed by atoms with Crippen molar-refractivity contribution in [3.05, 3.63) is 48.5 Å². The van der Waals surface area contributed by atoms with Crippen LogP contribution in [0.2, 0.25) is 0 Å². The first-order chi connectivity index (χ1) is 7.57. The van der Waals surface area contributed by atoms with Crippen molar-refractivity contribution < 1.29 is 13.2 Å². The van der Waals surface area contributed by atoms with Gasteiger partial charge in [0.2, 0.25) is 0 Å². The van der Waals surface area contributed by atoms with E-state index in [1.165, 1.54) is 12.3 Å². The maximum absolute atomic E-state index is 12.2. The molecule has 0 aliphatic carbocycles. The Kier molecular flexibility index (Phi) is 2.60. The van der Waals surface area contributed by atoms with Crippen molar-refractivity contribution in [3.63, 3.8) is 0 Å². The maximum Gasteiger partial charge on any atom is 0.433 e. The zero-order valence-corrected chi connectivity index (χ0v) is 8.07. The summed E-state index contributed by atoms with van der Waals surface area (Å²) in [5.74, 6) is 0. The van der Waals surface area contributed by atoms with Gasteiger partial charge in [-0.05, 0) is 23.8 Å². The molecule has 82 valence electrons. The lowest BCUT2D eigenvalue weighted by Gasteiger charge is -2.06. The number of aromatic nitrogens is 2. The molecule has 0 unspecified atom stereocenters. The second-order valence-corrected chi connectivity index (χ2v) is 3.17. The minimum Gasteiger partial charge on any atom is -0.265 e. The summed E-state index contributed by atoms with van der Waals surface area (Å²) >= 11 is 0. The monoisotopic (exact) mass is 224 g/mol. The molecule has 16 heavy (non-hydrogen) atoms. The number of halogens is 3. The highest BCUT2D eigenvalue weighted by atomic mass is 19.4. The van der Waals surface area contributed by atoms with Crippen molar-refractivity contribution >= 4 is 0 Å². The molecular formula is C11H7F3N2. The van der Waals surface area contributed by atoms with E-state index in [1.807, 2.05) is 0 Å². The number of alkyl halides is 3. The summed E-state index contributed by atoms with van der Waals surface area (Å²) in [6, 6.07) is 5.79. The molecule has 0 amide bonds. The van der Waals surface area contributed by atoms with Gasteiger partial charge in [0.1, 0.15) is 5.69 Å². The van der Waals surface area contributed by atoms with Gasteiger partial charge in [-0.15, -0.1) is 0 Å². The van der Waals surface area contributed by atoms with Crippen LogP contribution in [0.4, 0.5) is 13.2 Å². The van der Waals surface area contributed by atoms with Crippen LogP contribution in [0.1, 0.15) is 5.69 Å². The Bertz CT molecular complexity index is 463. The standard InChI is InChI=1S/C11H7F3N2/c12-11(13,14)10-2-1-9(7-16-10)8-3-5-15-6-4-8/h1-7H. The van der Waals surface area contributed by atoms with Crippen LogP contribution in [0.25, 0.3) is 11.1 Å². The van der Waals surface area contributed by atoms with E-state index in [-0.39, 0.29) is 0 Å². The Morgan fingerprint density at radius 3 is 2.06 bits per heavy atom. The molecule has 0 saturated heterocycles. The third kappa shape index (κ3) is 2.18. The fraction of sp³-hybridized carbons (Fsp3) is 0.0909. The van der Waals surface area contributed by atoms with Crippen molar-refractivity contribution in [1.82, 2.24) is 9.97 Å². The highest BCUT2D eigenvalue weighted by molar-refractivity contribution is 5.61. The highest BCUT2D eigenvalue weighted by Crippen LogP contribution is 2.28. The molecule has 0 spiro atoms. The number of hydrogen-bond donors (Lipinski definition) is 0. The van der Waals surface area contributed by atoms with E-state index in [2.05, 4.69) is 9.97 Å². The van der Waals surface area contributed by atoms with Gasteiger partial charge in [-0.3, -0.25) is 9.97 Å². The van der Waals surface area contributed by atoms with Crippen molar-refractivity contribution in [2.75, 3.05) is 0 Å². The molecule has 5 heteroatoms. The lowest BCUT2D eigenvalue weighted by molar-refractivity contribution is -0.141. The number of hydrogen-bond acceptors (Lipinski definition) is 2. The van der Waals surface area contributed by atoms with Crippen LogP contribution in [-0.4, -0.2) is 9.97 Å². The third-order valence-electron chi connectivity index (χ3n) is 2.07. The molecule has 0 aliphatic heterocycles. The first-order valence-electron chi connectivity index (χ1n) is 4.51. The molecule has 2 rings (SSSR count). The fourth-order valence-electron chi connectivity index (χ4n) is 1.28. The van der Waals surface area contributed by atoms with Gasteiger partial charge in [-0.25, -0.2) is 0 Å². The molecule has 0 bridgehead atoms. The van der Waals surface area contributed by atoms with E-state index >= 15 is 0 Å². The third-order valence-corrected chi connectivity index (χ3v) is 2.07. The average molecular weight is 224 g/mol. The van der Waals surface area contributed by atoms with E-state index in [0.29, 0.717) is 5.56 Å². The van der Waals surface area contributed by atoms with Crippen LogP contribution in [0, 0.1) is 0 Å². The van der Waals surface area contributed by atoms with Gasteiger partial charge < -0.3 is 0 Å². The first-order valence-corrected chi connectivity index (χ1v) is 4.51. The Labute approximate surface area is 89.8 Å². The van der Waals surface area contributed by atoms with Crippen molar-refractivity contribution in [3.8, 4) is 11.1 Å². The smallest absolute Gasteiger partial charge is 0.265 e. The van der Waals surface area contributed by atoms with Gasteiger partial charge in [0, 0.05) is 24.2 Å². The molecule has 0 atom stereocenters. The highest BCUT2D eigenvalue weighted by Gasteiger charge is 2.31. The summed E-state index contributed by atoms with van der Waals surface area (Å²) in [6.07, 6.45) is -0.0328. The molecular weight excluding hydrogens is 217 g/mol. The molecule has 2 nitrogen and oxygen atoms in total. The van der Waals surface area contributed by atoms with Crippen molar-refractivity contribution in [2.45, 2.75) is 6.18 Å². The number of rotatable bonds is 1. The SMILES string of the molecule is FC(F)(F)c1ccc(-c2ccncc2)cn1. The predicted octanol–water partition coefficient (Wildman–Crippen LogP) is 3.16. The van der Waals surface area contributed by atoms with Gasteiger partial charge in [0.15, 0.2) is 0 Å².